The summed E-state index contributed by atoms with van der Waals surface area (Å²) in [5, 5.41) is 0. The van der Waals surface area contributed by atoms with Gasteiger partial charge in [0, 0.05) is 0 Å². The molecule has 0 aromatic carbocycles. The van der Waals surface area contributed by atoms with E-state index in [2.05, 4.69) is 41.5 Å². The fourth-order valence-corrected chi connectivity index (χ4v) is 7.51. The second kappa shape index (κ2) is 28.5. The monoisotopic (exact) mass is 535 g/mol. The zero-order valence-electron chi connectivity index (χ0n) is 28.2. The largest absolute Gasteiger partial charge is 0.0654 e. The molecule has 0 bridgehead atoms. The van der Waals surface area contributed by atoms with Gasteiger partial charge in [-0.05, 0) is 42.9 Å². The molecule has 0 N–H and O–H groups in total. The van der Waals surface area contributed by atoms with Gasteiger partial charge in [-0.25, -0.2) is 0 Å². The van der Waals surface area contributed by atoms with Crippen LogP contribution in [0, 0.1) is 17.3 Å². The van der Waals surface area contributed by atoms with Crippen LogP contribution in [-0.4, -0.2) is 0 Å². The van der Waals surface area contributed by atoms with E-state index in [4.69, 9.17) is 0 Å². The van der Waals surface area contributed by atoms with Crippen LogP contribution in [0.15, 0.2) is 0 Å². The molecule has 230 valence electrons. The first-order chi connectivity index (χ1) is 18.7. The summed E-state index contributed by atoms with van der Waals surface area (Å²) < 4.78 is 0. The Labute approximate surface area is 244 Å². The van der Waals surface area contributed by atoms with Gasteiger partial charge >= 0.3 is 0 Å². The van der Waals surface area contributed by atoms with Gasteiger partial charge in [0.15, 0.2) is 0 Å². The Morgan fingerprint density at radius 3 is 0.947 bits per heavy atom. The van der Waals surface area contributed by atoms with E-state index in [0.29, 0.717) is 5.41 Å². The topological polar surface area (TPSA) is 0 Å². The summed E-state index contributed by atoms with van der Waals surface area (Å²) in [6.45, 7) is 14.3. The second-order valence-electron chi connectivity index (χ2n) is 13.4. The van der Waals surface area contributed by atoms with E-state index >= 15 is 0 Å². The zero-order valence-corrected chi connectivity index (χ0v) is 28.2. The van der Waals surface area contributed by atoms with Crippen molar-refractivity contribution < 1.29 is 0 Å². The molecular formula is C38H78. The molecule has 0 heteroatoms. The molecular weight excluding hydrogens is 456 g/mol. The molecule has 0 rings (SSSR count). The number of unbranched alkanes of at least 4 members (excludes halogenated alkanes) is 17. The Bertz CT molecular complexity index is 394. The smallest absolute Gasteiger partial charge is 0.0267 e. The van der Waals surface area contributed by atoms with Crippen LogP contribution in [0.3, 0.4) is 0 Å². The van der Waals surface area contributed by atoms with E-state index < -0.39 is 0 Å². The Balaban J connectivity index is 6.12. The van der Waals surface area contributed by atoms with Gasteiger partial charge in [0.05, 0.1) is 0 Å². The van der Waals surface area contributed by atoms with Crippen LogP contribution < -0.4 is 0 Å². The molecule has 0 amide bonds. The van der Waals surface area contributed by atoms with E-state index in [0.717, 1.165) is 11.8 Å². The lowest BCUT2D eigenvalue weighted by Crippen LogP contribution is -2.36. The molecule has 0 radical (unpaired) electrons. The Morgan fingerprint density at radius 2 is 0.605 bits per heavy atom. The molecule has 0 heterocycles. The van der Waals surface area contributed by atoms with Crippen LogP contribution in [0.4, 0.5) is 0 Å². The molecule has 0 saturated carbocycles. The summed E-state index contributed by atoms with van der Waals surface area (Å²) in [6, 6.07) is 0. The standard InChI is InChI=1S/C38H78/c1-7-13-19-25-30-36(31-26-20-14-8-2)37(32-24-18-12-6)38(33-27-21-15-9-3,34-28-22-16-10-4)35-29-23-17-11-5/h36-37H,7-35H2,1-6H3. The summed E-state index contributed by atoms with van der Waals surface area (Å²) >= 11 is 0. The van der Waals surface area contributed by atoms with E-state index in [1.165, 1.54) is 167 Å². The van der Waals surface area contributed by atoms with Crippen LogP contribution in [0.2, 0.25) is 0 Å². The highest BCUT2D eigenvalue weighted by molar-refractivity contribution is 4.91. The summed E-state index contributed by atoms with van der Waals surface area (Å²) in [5.74, 6) is 1.98. The predicted octanol–water partition coefficient (Wildman–Crippen LogP) is 14.6. The average Bonchev–Trinajstić information content (AvgIpc) is 2.93. The van der Waals surface area contributed by atoms with Crippen LogP contribution in [0.1, 0.15) is 228 Å². The summed E-state index contributed by atoms with van der Waals surface area (Å²) in [5.41, 5.74) is 0.628. The van der Waals surface area contributed by atoms with Gasteiger partial charge in [0.1, 0.15) is 0 Å². The summed E-state index contributed by atoms with van der Waals surface area (Å²) in [4.78, 5) is 0. The number of hydrogen-bond acceptors (Lipinski definition) is 0. The summed E-state index contributed by atoms with van der Waals surface area (Å²) in [7, 11) is 0. The lowest BCUT2D eigenvalue weighted by Gasteiger charge is -2.47. The fourth-order valence-electron chi connectivity index (χ4n) is 7.51. The number of hydrogen-bond donors (Lipinski definition) is 0. The Morgan fingerprint density at radius 1 is 0.316 bits per heavy atom. The van der Waals surface area contributed by atoms with Gasteiger partial charge in [-0.3, -0.25) is 0 Å². The lowest BCUT2D eigenvalue weighted by atomic mass is 9.58. The van der Waals surface area contributed by atoms with E-state index in [9.17, 15) is 0 Å². The maximum atomic E-state index is 2.41. The van der Waals surface area contributed by atoms with Crippen molar-refractivity contribution in [2.45, 2.75) is 228 Å². The van der Waals surface area contributed by atoms with Crippen LogP contribution in [-0.2, 0) is 0 Å². The number of rotatable bonds is 31. The maximum absolute atomic E-state index is 2.41. The predicted molar refractivity (Wildman–Crippen MR) is 177 cm³/mol. The van der Waals surface area contributed by atoms with Crippen molar-refractivity contribution >= 4 is 0 Å². The minimum absolute atomic E-state index is 0.628. The molecule has 1 unspecified atom stereocenters. The van der Waals surface area contributed by atoms with Crippen LogP contribution in [0.25, 0.3) is 0 Å². The molecule has 1 atom stereocenters. The van der Waals surface area contributed by atoms with Crippen molar-refractivity contribution in [3.63, 3.8) is 0 Å². The van der Waals surface area contributed by atoms with E-state index in [-0.39, 0.29) is 0 Å². The van der Waals surface area contributed by atoms with Crippen molar-refractivity contribution in [1.82, 2.24) is 0 Å². The first kappa shape index (κ1) is 38.0. The van der Waals surface area contributed by atoms with Gasteiger partial charge in [0.25, 0.3) is 0 Å². The molecule has 0 saturated heterocycles. The molecule has 0 aromatic heterocycles. The zero-order chi connectivity index (χ0) is 28.2. The normalized spacial score (nSPS) is 13.0. The highest BCUT2D eigenvalue weighted by Crippen LogP contribution is 2.51. The third-order valence-electron chi connectivity index (χ3n) is 9.92. The molecule has 0 aromatic rings. The highest BCUT2D eigenvalue weighted by Gasteiger charge is 2.40. The van der Waals surface area contributed by atoms with Gasteiger partial charge in [-0.1, -0.05) is 202 Å². The van der Waals surface area contributed by atoms with Gasteiger partial charge in [0.2, 0.25) is 0 Å². The fraction of sp³-hybridized carbons (Fsp3) is 1.00. The quantitative estimate of drug-likeness (QED) is 0.0775. The molecule has 0 aliphatic heterocycles. The molecule has 0 aliphatic rings. The first-order valence-corrected chi connectivity index (χ1v) is 18.7. The van der Waals surface area contributed by atoms with Gasteiger partial charge < -0.3 is 0 Å². The minimum Gasteiger partial charge on any atom is -0.0654 e. The van der Waals surface area contributed by atoms with Crippen molar-refractivity contribution in [1.29, 1.82) is 0 Å². The highest BCUT2D eigenvalue weighted by atomic mass is 14.5. The third kappa shape index (κ3) is 19.1. The maximum Gasteiger partial charge on any atom is -0.0267 e. The lowest BCUT2D eigenvalue weighted by molar-refractivity contribution is 0.0375. The average molecular weight is 535 g/mol. The van der Waals surface area contributed by atoms with Crippen molar-refractivity contribution in [3.05, 3.63) is 0 Å². The SMILES string of the molecule is CCCCCCC(CCCCCC)C(CCCCC)C(CCCCCC)(CCCCCC)CCCCCC. The molecule has 0 spiro atoms. The molecule has 0 aliphatic carbocycles. The molecule has 0 nitrogen and oxygen atoms in total. The minimum atomic E-state index is 0.628. The second-order valence-corrected chi connectivity index (χ2v) is 13.4. The van der Waals surface area contributed by atoms with Crippen molar-refractivity contribution in [2.24, 2.45) is 17.3 Å². The van der Waals surface area contributed by atoms with Crippen LogP contribution >= 0.6 is 0 Å². The summed E-state index contributed by atoms with van der Waals surface area (Å²) in [6.07, 6.45) is 42.5. The van der Waals surface area contributed by atoms with E-state index in [1.807, 2.05) is 0 Å². The van der Waals surface area contributed by atoms with Gasteiger partial charge in [-0.2, -0.15) is 0 Å². The van der Waals surface area contributed by atoms with Crippen LogP contribution in [0.5, 0.6) is 0 Å². The molecule has 38 heavy (non-hydrogen) atoms. The Hall–Kier alpha value is 0. The molecule has 0 fully saturated rings. The third-order valence-corrected chi connectivity index (χ3v) is 9.92. The van der Waals surface area contributed by atoms with Crippen molar-refractivity contribution in [3.8, 4) is 0 Å². The van der Waals surface area contributed by atoms with Gasteiger partial charge in [-0.15, -0.1) is 0 Å². The first-order valence-electron chi connectivity index (χ1n) is 18.7. The Kier molecular flexibility index (Phi) is 28.5. The van der Waals surface area contributed by atoms with Crippen molar-refractivity contribution in [2.75, 3.05) is 0 Å². The van der Waals surface area contributed by atoms with E-state index in [1.54, 1.807) is 19.3 Å².